The summed E-state index contributed by atoms with van der Waals surface area (Å²) in [6.45, 7) is 8.95. The smallest absolute Gasteiger partial charge is 0.243 e. The van der Waals surface area contributed by atoms with Crippen LogP contribution >= 0.6 is 0 Å². The van der Waals surface area contributed by atoms with Gasteiger partial charge in [-0.25, -0.2) is 8.42 Å². The Morgan fingerprint density at radius 3 is 1.60 bits per heavy atom. The average Bonchev–Trinajstić information content (AvgIpc) is 2.64. The van der Waals surface area contributed by atoms with Gasteiger partial charge in [0.15, 0.2) is 0 Å². The van der Waals surface area contributed by atoms with Crippen LogP contribution in [0.25, 0.3) is 0 Å². The Kier molecular flexibility index (Phi) is 25.5. The molecule has 0 bridgehead atoms. The Labute approximate surface area is 186 Å². The highest BCUT2D eigenvalue weighted by molar-refractivity contribution is 7.80. The van der Waals surface area contributed by atoms with Gasteiger partial charge in [-0.2, -0.15) is 0 Å². The van der Waals surface area contributed by atoms with Crippen molar-refractivity contribution in [2.45, 2.75) is 84.5 Å². The van der Waals surface area contributed by atoms with Crippen LogP contribution in [0, 0.1) is 0 Å². The molecule has 182 valence electrons. The standard InChI is InChI=1S/C12H26O4S.C6H16N.C4H7NO/c1-2-3-4-5-6-7-8-9-10-11-12-16-17(13,14)15;1-5-6-7(2,3)4;1-3-4(6)5-2/h2-12H2,1H3,(H,13,14,15);5-6H2,1-4H3;3H,1H2,2H3,(H,5,6)/q;+1;/p-1. The molecule has 7 nitrogen and oxygen atoms in total. The highest BCUT2D eigenvalue weighted by Gasteiger charge is 2.01. The maximum absolute atomic E-state index is 10.1. The number of unbranched alkanes of at least 4 members (excludes halogenated alkanes) is 9. The lowest BCUT2D eigenvalue weighted by Crippen LogP contribution is -2.34. The zero-order valence-corrected chi connectivity index (χ0v) is 21.2. The van der Waals surface area contributed by atoms with Gasteiger partial charge in [0.05, 0.1) is 34.3 Å². The zero-order valence-electron chi connectivity index (χ0n) is 20.4. The fourth-order valence-corrected chi connectivity index (χ4v) is 2.85. The van der Waals surface area contributed by atoms with Crippen molar-refractivity contribution in [1.29, 1.82) is 0 Å². The second-order valence-electron chi connectivity index (χ2n) is 8.24. The Bertz CT molecular complexity index is 488. The van der Waals surface area contributed by atoms with Crippen molar-refractivity contribution in [3.8, 4) is 0 Å². The molecule has 0 aromatic heterocycles. The van der Waals surface area contributed by atoms with Crippen LogP contribution in [0.4, 0.5) is 0 Å². The van der Waals surface area contributed by atoms with Crippen LogP contribution in [-0.2, 0) is 19.4 Å². The summed E-state index contributed by atoms with van der Waals surface area (Å²) in [6.07, 6.45) is 14.2. The van der Waals surface area contributed by atoms with Gasteiger partial charge < -0.3 is 14.4 Å². The van der Waals surface area contributed by atoms with Gasteiger partial charge in [0.1, 0.15) is 0 Å². The third-order valence-electron chi connectivity index (χ3n) is 4.05. The van der Waals surface area contributed by atoms with Crippen molar-refractivity contribution in [2.75, 3.05) is 41.3 Å². The first-order chi connectivity index (χ1) is 13.9. The number of carbonyl (C=O) groups is 1. The topological polar surface area (TPSA) is 95.5 Å². The molecule has 0 saturated heterocycles. The molecule has 8 heteroatoms. The van der Waals surface area contributed by atoms with Crippen LogP contribution in [0.3, 0.4) is 0 Å². The van der Waals surface area contributed by atoms with Crippen LogP contribution in [-0.4, -0.2) is 64.7 Å². The Morgan fingerprint density at radius 1 is 0.933 bits per heavy atom. The summed E-state index contributed by atoms with van der Waals surface area (Å²) in [5, 5.41) is 2.36. The maximum atomic E-state index is 10.1. The normalized spacial score (nSPS) is 10.9. The van der Waals surface area contributed by atoms with E-state index < -0.39 is 10.4 Å². The summed E-state index contributed by atoms with van der Waals surface area (Å²) >= 11 is 0. The summed E-state index contributed by atoms with van der Waals surface area (Å²) in [4.78, 5) is 9.95. The zero-order chi connectivity index (χ0) is 23.9. The van der Waals surface area contributed by atoms with Crippen molar-refractivity contribution in [1.82, 2.24) is 5.32 Å². The number of quaternary nitrogens is 1. The minimum atomic E-state index is -4.48. The van der Waals surface area contributed by atoms with Gasteiger partial charge in [0.2, 0.25) is 16.3 Å². The van der Waals surface area contributed by atoms with Crippen LogP contribution in [0.5, 0.6) is 0 Å². The predicted molar refractivity (Wildman–Crippen MR) is 125 cm³/mol. The lowest BCUT2D eigenvalue weighted by Gasteiger charge is -2.22. The van der Waals surface area contributed by atoms with Crippen LogP contribution < -0.4 is 5.32 Å². The van der Waals surface area contributed by atoms with E-state index in [2.05, 4.69) is 51.1 Å². The summed E-state index contributed by atoms with van der Waals surface area (Å²) in [5.41, 5.74) is 0. The molecule has 0 aromatic rings. The summed E-state index contributed by atoms with van der Waals surface area (Å²) in [5.74, 6) is -0.144. The number of hydrogen-bond acceptors (Lipinski definition) is 5. The molecule has 0 atom stereocenters. The molecule has 0 unspecified atom stereocenters. The minimum absolute atomic E-state index is 0.0301. The lowest BCUT2D eigenvalue weighted by molar-refractivity contribution is -0.870. The van der Waals surface area contributed by atoms with E-state index in [1.165, 1.54) is 64.0 Å². The number of rotatable bonds is 15. The fourth-order valence-electron chi connectivity index (χ4n) is 2.52. The molecule has 1 amide bonds. The summed E-state index contributed by atoms with van der Waals surface area (Å²) in [6, 6.07) is 0. The molecule has 0 radical (unpaired) electrons. The van der Waals surface area contributed by atoms with Crippen molar-refractivity contribution >= 4 is 16.3 Å². The first-order valence-electron chi connectivity index (χ1n) is 11.2. The van der Waals surface area contributed by atoms with Crippen molar-refractivity contribution in [3.63, 3.8) is 0 Å². The van der Waals surface area contributed by atoms with Crippen LogP contribution in [0.15, 0.2) is 12.7 Å². The van der Waals surface area contributed by atoms with Crippen molar-refractivity contribution < 1.29 is 26.4 Å². The molecule has 0 aliphatic heterocycles. The van der Waals surface area contributed by atoms with E-state index in [4.69, 9.17) is 0 Å². The molecule has 0 saturated carbocycles. The second-order valence-corrected chi connectivity index (χ2v) is 9.30. The first kappa shape index (κ1) is 33.7. The molecular formula is C22H48N2O5S. The monoisotopic (exact) mass is 452 g/mol. The van der Waals surface area contributed by atoms with Crippen molar-refractivity contribution in [2.24, 2.45) is 0 Å². The molecule has 0 heterocycles. The number of nitrogens with one attached hydrogen (secondary N) is 1. The molecular weight excluding hydrogens is 404 g/mol. The summed E-state index contributed by atoms with van der Waals surface area (Å²) < 4.78 is 35.6. The van der Waals surface area contributed by atoms with Gasteiger partial charge in [-0.05, 0) is 18.9 Å². The first-order valence-corrected chi connectivity index (χ1v) is 12.5. The van der Waals surface area contributed by atoms with E-state index >= 15 is 0 Å². The third-order valence-corrected chi connectivity index (χ3v) is 4.51. The van der Waals surface area contributed by atoms with Crippen molar-refractivity contribution in [3.05, 3.63) is 12.7 Å². The van der Waals surface area contributed by atoms with E-state index in [9.17, 15) is 17.8 Å². The molecule has 0 aliphatic rings. The highest BCUT2D eigenvalue weighted by atomic mass is 32.3. The summed E-state index contributed by atoms with van der Waals surface area (Å²) in [7, 11) is 3.71. The maximum Gasteiger partial charge on any atom is 0.243 e. The second kappa shape index (κ2) is 22.7. The Hall–Kier alpha value is -0.960. The van der Waals surface area contributed by atoms with E-state index in [1.54, 1.807) is 7.05 Å². The number of amides is 1. The molecule has 0 aromatic carbocycles. The van der Waals surface area contributed by atoms with Gasteiger partial charge in [0.25, 0.3) is 0 Å². The molecule has 30 heavy (non-hydrogen) atoms. The molecule has 1 N–H and O–H groups in total. The lowest BCUT2D eigenvalue weighted by atomic mass is 10.1. The molecule has 0 aliphatic carbocycles. The van der Waals surface area contributed by atoms with Gasteiger partial charge in [-0.15, -0.1) is 0 Å². The van der Waals surface area contributed by atoms with Gasteiger partial charge in [0, 0.05) is 7.05 Å². The third kappa shape index (κ3) is 41.4. The average molecular weight is 453 g/mol. The van der Waals surface area contributed by atoms with E-state index in [0.717, 1.165) is 17.3 Å². The van der Waals surface area contributed by atoms with E-state index in [0.29, 0.717) is 6.42 Å². The largest absolute Gasteiger partial charge is 0.726 e. The SMILES string of the molecule is C=CC(=O)NC.CCCCCCCCCCCCOS(=O)(=O)[O-].CCC[N+](C)(C)C. The fraction of sp³-hybridized carbons (Fsp3) is 0.864. The molecule has 0 spiro atoms. The minimum Gasteiger partial charge on any atom is -0.726 e. The molecule has 0 fully saturated rings. The number of nitrogens with zero attached hydrogens (tertiary/aromatic N) is 1. The predicted octanol–water partition coefficient (Wildman–Crippen LogP) is 4.41. The van der Waals surface area contributed by atoms with E-state index in [-0.39, 0.29) is 12.5 Å². The van der Waals surface area contributed by atoms with E-state index in [1.807, 2.05) is 0 Å². The van der Waals surface area contributed by atoms with Gasteiger partial charge >= 0.3 is 0 Å². The quantitative estimate of drug-likeness (QED) is 0.131. The Morgan fingerprint density at radius 2 is 1.37 bits per heavy atom. The Balaban J connectivity index is -0.000000459. The van der Waals surface area contributed by atoms with Gasteiger partial charge in [-0.1, -0.05) is 78.2 Å². The van der Waals surface area contributed by atoms with Crippen LogP contribution in [0.1, 0.15) is 84.5 Å². The van der Waals surface area contributed by atoms with Crippen LogP contribution in [0.2, 0.25) is 0 Å². The number of hydrogen-bond donors (Lipinski definition) is 1. The number of carbonyl (C=O) groups excluding carboxylic acids is 1. The van der Waals surface area contributed by atoms with Gasteiger partial charge in [-0.3, -0.25) is 8.98 Å². The number of likely N-dealkylation sites (N-methyl/N-ethyl adjacent to an activating group) is 1. The highest BCUT2D eigenvalue weighted by Crippen LogP contribution is 2.10. The molecule has 0 rings (SSSR count).